The lowest BCUT2D eigenvalue weighted by Gasteiger charge is -2.38. The van der Waals surface area contributed by atoms with Gasteiger partial charge in [-0.2, -0.15) is 9.61 Å². The van der Waals surface area contributed by atoms with E-state index in [0.29, 0.717) is 6.10 Å². The fourth-order valence-electron chi connectivity index (χ4n) is 3.16. The Bertz CT molecular complexity index is 634. The number of morpholine rings is 1. The number of anilines is 1. The molecule has 1 aliphatic carbocycles. The maximum Gasteiger partial charge on any atom is 0.157 e. The smallest absolute Gasteiger partial charge is 0.157 e. The van der Waals surface area contributed by atoms with E-state index in [0.717, 1.165) is 30.5 Å². The Morgan fingerprint density at radius 1 is 1.25 bits per heavy atom. The molecule has 2 aromatic rings. The highest BCUT2D eigenvalue weighted by Crippen LogP contribution is 2.37. The fraction of sp³-hybridized carbons (Fsp3) is 0.600. The molecule has 0 spiro atoms. The van der Waals surface area contributed by atoms with Crippen LogP contribution in [0, 0.1) is 12.8 Å². The molecule has 106 valence electrons. The second-order valence-electron chi connectivity index (χ2n) is 6.15. The Balaban J connectivity index is 1.71. The number of hydrogen-bond acceptors (Lipinski definition) is 4. The fourth-order valence-corrected chi connectivity index (χ4v) is 3.16. The molecule has 3 heterocycles. The third-order valence-corrected chi connectivity index (χ3v) is 4.26. The summed E-state index contributed by atoms with van der Waals surface area (Å²) < 4.78 is 8.04. The van der Waals surface area contributed by atoms with Gasteiger partial charge in [0.15, 0.2) is 5.65 Å². The molecule has 2 atom stereocenters. The Morgan fingerprint density at radius 2 is 2.10 bits per heavy atom. The van der Waals surface area contributed by atoms with Gasteiger partial charge >= 0.3 is 0 Å². The van der Waals surface area contributed by atoms with Gasteiger partial charge in [-0.3, -0.25) is 0 Å². The predicted octanol–water partition coefficient (Wildman–Crippen LogP) is 2.04. The maximum absolute atomic E-state index is 6.10. The molecule has 2 aromatic heterocycles. The highest BCUT2D eigenvalue weighted by atomic mass is 16.5. The van der Waals surface area contributed by atoms with E-state index in [4.69, 9.17) is 4.74 Å². The van der Waals surface area contributed by atoms with Gasteiger partial charge in [-0.25, -0.2) is 4.98 Å². The van der Waals surface area contributed by atoms with Crippen molar-refractivity contribution in [3.63, 3.8) is 0 Å². The molecule has 0 N–H and O–H groups in total. The third-order valence-electron chi connectivity index (χ3n) is 4.26. The Labute approximate surface area is 118 Å². The third kappa shape index (κ3) is 2.06. The van der Waals surface area contributed by atoms with Gasteiger partial charge in [-0.1, -0.05) is 0 Å². The summed E-state index contributed by atoms with van der Waals surface area (Å²) in [6, 6.07) is 4.27. The lowest BCUT2D eigenvalue weighted by Crippen LogP contribution is -2.48. The van der Waals surface area contributed by atoms with Crippen molar-refractivity contribution in [3.05, 3.63) is 24.0 Å². The largest absolute Gasteiger partial charge is 0.371 e. The zero-order valence-corrected chi connectivity index (χ0v) is 12.0. The average molecular weight is 272 g/mol. The first-order valence-corrected chi connectivity index (χ1v) is 7.41. The van der Waals surface area contributed by atoms with E-state index in [1.54, 1.807) is 6.33 Å². The Kier molecular flexibility index (Phi) is 2.70. The van der Waals surface area contributed by atoms with Crippen LogP contribution in [0.15, 0.2) is 18.5 Å². The van der Waals surface area contributed by atoms with Crippen LogP contribution in [0.5, 0.6) is 0 Å². The zero-order chi connectivity index (χ0) is 13.7. The van der Waals surface area contributed by atoms with E-state index < -0.39 is 0 Å². The summed E-state index contributed by atoms with van der Waals surface area (Å²) in [4.78, 5) is 6.72. The van der Waals surface area contributed by atoms with Crippen LogP contribution in [0.25, 0.3) is 5.65 Å². The van der Waals surface area contributed by atoms with Gasteiger partial charge in [0.05, 0.1) is 12.2 Å². The van der Waals surface area contributed by atoms with Crippen molar-refractivity contribution in [1.29, 1.82) is 0 Å². The molecule has 20 heavy (non-hydrogen) atoms. The van der Waals surface area contributed by atoms with Gasteiger partial charge in [0, 0.05) is 13.1 Å². The van der Waals surface area contributed by atoms with E-state index >= 15 is 0 Å². The molecule has 4 rings (SSSR count). The molecule has 0 aromatic carbocycles. The minimum atomic E-state index is 0.272. The molecule has 1 aliphatic heterocycles. The Morgan fingerprint density at radius 3 is 2.90 bits per heavy atom. The lowest BCUT2D eigenvalue weighted by atomic mass is 10.1. The summed E-state index contributed by atoms with van der Waals surface area (Å²) in [5.41, 5.74) is 2.14. The van der Waals surface area contributed by atoms with Crippen LogP contribution in [0.2, 0.25) is 0 Å². The first-order valence-electron chi connectivity index (χ1n) is 7.41. The first kappa shape index (κ1) is 12.1. The molecular weight excluding hydrogens is 252 g/mol. The minimum absolute atomic E-state index is 0.272. The predicted molar refractivity (Wildman–Crippen MR) is 77.0 cm³/mol. The average Bonchev–Trinajstić information content (AvgIpc) is 3.16. The number of pyridine rings is 1. The second kappa shape index (κ2) is 4.45. The van der Waals surface area contributed by atoms with Crippen LogP contribution in [-0.4, -0.2) is 39.9 Å². The molecule has 5 heteroatoms. The normalized spacial score (nSPS) is 27.2. The van der Waals surface area contributed by atoms with E-state index in [9.17, 15) is 0 Å². The van der Waals surface area contributed by atoms with Crippen molar-refractivity contribution in [2.24, 2.45) is 5.92 Å². The number of hydrogen-bond donors (Lipinski definition) is 0. The van der Waals surface area contributed by atoms with Gasteiger partial charge in [0.1, 0.15) is 12.1 Å². The van der Waals surface area contributed by atoms with Crippen LogP contribution in [0.1, 0.15) is 25.3 Å². The van der Waals surface area contributed by atoms with Crippen molar-refractivity contribution in [3.8, 4) is 0 Å². The monoisotopic (exact) mass is 272 g/mol. The highest BCUT2D eigenvalue weighted by Gasteiger charge is 2.37. The summed E-state index contributed by atoms with van der Waals surface area (Å²) in [7, 11) is 0. The summed E-state index contributed by atoms with van der Waals surface area (Å²) >= 11 is 0. The SMILES string of the molecule is Cc1cc(N2CC(C)OC(C3CC3)C2)n2ncnc2c1. The number of rotatable bonds is 2. The number of aryl methyl sites for hydroxylation is 1. The molecule has 0 radical (unpaired) electrons. The molecule has 0 amide bonds. The van der Waals surface area contributed by atoms with Crippen molar-refractivity contribution in [2.45, 2.75) is 38.9 Å². The molecular formula is C15H20N4O. The molecule has 1 saturated heterocycles. The summed E-state index contributed by atoms with van der Waals surface area (Å²) in [6.07, 6.45) is 4.90. The molecule has 2 unspecified atom stereocenters. The summed E-state index contributed by atoms with van der Waals surface area (Å²) in [6.45, 7) is 6.16. The zero-order valence-electron chi connectivity index (χ0n) is 12.0. The molecule has 2 fully saturated rings. The van der Waals surface area contributed by atoms with Crippen LogP contribution in [0.4, 0.5) is 5.82 Å². The van der Waals surface area contributed by atoms with E-state index in [1.165, 1.54) is 18.4 Å². The van der Waals surface area contributed by atoms with Crippen LogP contribution < -0.4 is 4.90 Å². The van der Waals surface area contributed by atoms with Crippen LogP contribution in [0.3, 0.4) is 0 Å². The standard InChI is InChI=1S/C15H20N4O/c1-10-5-14-16-9-17-19(14)15(6-10)18-7-11(2)20-13(8-18)12-3-4-12/h5-6,9,11-13H,3-4,7-8H2,1-2H3. The van der Waals surface area contributed by atoms with Gasteiger partial charge in [-0.05, 0) is 50.3 Å². The molecule has 2 aliphatic rings. The van der Waals surface area contributed by atoms with Crippen molar-refractivity contribution in [2.75, 3.05) is 18.0 Å². The number of aromatic nitrogens is 3. The minimum Gasteiger partial charge on any atom is -0.371 e. The number of ether oxygens (including phenoxy) is 1. The van der Waals surface area contributed by atoms with Crippen LogP contribution in [-0.2, 0) is 4.74 Å². The second-order valence-corrected chi connectivity index (χ2v) is 6.15. The summed E-state index contributed by atoms with van der Waals surface area (Å²) in [5.74, 6) is 1.90. The lowest BCUT2D eigenvalue weighted by molar-refractivity contribution is -0.0274. The van der Waals surface area contributed by atoms with E-state index in [1.807, 2.05) is 4.52 Å². The maximum atomic E-state index is 6.10. The van der Waals surface area contributed by atoms with Crippen molar-refractivity contribution in [1.82, 2.24) is 14.6 Å². The quantitative estimate of drug-likeness (QED) is 0.839. The van der Waals surface area contributed by atoms with Crippen molar-refractivity contribution < 1.29 is 4.74 Å². The number of nitrogens with zero attached hydrogens (tertiary/aromatic N) is 4. The van der Waals surface area contributed by atoms with Crippen molar-refractivity contribution >= 4 is 11.5 Å². The van der Waals surface area contributed by atoms with Gasteiger partial charge in [-0.15, -0.1) is 0 Å². The molecule has 5 nitrogen and oxygen atoms in total. The topological polar surface area (TPSA) is 42.7 Å². The highest BCUT2D eigenvalue weighted by molar-refractivity contribution is 5.53. The Hall–Kier alpha value is -1.62. The molecule has 1 saturated carbocycles. The first-order chi connectivity index (χ1) is 9.70. The van der Waals surface area contributed by atoms with E-state index in [2.05, 4.69) is 41.0 Å². The van der Waals surface area contributed by atoms with Gasteiger partial charge in [0.25, 0.3) is 0 Å². The van der Waals surface area contributed by atoms with E-state index in [-0.39, 0.29) is 6.10 Å². The summed E-state index contributed by atoms with van der Waals surface area (Å²) in [5, 5.41) is 4.37. The molecule has 0 bridgehead atoms. The van der Waals surface area contributed by atoms with Gasteiger partial charge in [0.2, 0.25) is 0 Å². The van der Waals surface area contributed by atoms with Gasteiger partial charge < -0.3 is 9.64 Å². The number of fused-ring (bicyclic) bond motifs is 1. The van der Waals surface area contributed by atoms with Crippen LogP contribution >= 0.6 is 0 Å².